The zero-order chi connectivity index (χ0) is 18.6. The zero-order valence-electron chi connectivity index (χ0n) is 14.3. The van der Waals surface area contributed by atoms with E-state index in [1.165, 1.54) is 13.2 Å². The second-order valence-electron chi connectivity index (χ2n) is 6.01. The molecular weight excluding hydrogens is 333 g/mol. The predicted molar refractivity (Wildman–Crippen MR) is 88.7 cm³/mol. The summed E-state index contributed by atoms with van der Waals surface area (Å²) in [4.78, 5) is 4.10. The minimum Gasteiger partial charge on any atom is -0.494 e. The molecule has 0 radical (unpaired) electrons. The Hall–Kier alpha value is -2.12. The summed E-state index contributed by atoms with van der Waals surface area (Å²) in [5.74, 6) is -2.08. The topological polar surface area (TPSA) is 54.4 Å². The number of hydrogen-bond donors (Lipinski definition) is 2. The Bertz CT molecular complexity index is 739. The van der Waals surface area contributed by atoms with Gasteiger partial charge in [0.15, 0.2) is 11.6 Å². The van der Waals surface area contributed by atoms with Crippen molar-refractivity contribution in [2.45, 2.75) is 26.4 Å². The lowest BCUT2D eigenvalue weighted by atomic mass is 10.1. The van der Waals surface area contributed by atoms with Crippen LogP contribution in [0, 0.1) is 23.4 Å². The Kier molecular flexibility index (Phi) is 6.39. The molecule has 136 valence electrons. The van der Waals surface area contributed by atoms with E-state index in [4.69, 9.17) is 4.74 Å². The van der Waals surface area contributed by atoms with E-state index in [-0.39, 0.29) is 47.8 Å². The second kappa shape index (κ2) is 8.31. The van der Waals surface area contributed by atoms with Crippen LogP contribution in [-0.4, -0.2) is 29.8 Å². The number of benzene rings is 1. The van der Waals surface area contributed by atoms with Crippen molar-refractivity contribution in [3.63, 3.8) is 0 Å². The van der Waals surface area contributed by atoms with E-state index in [2.05, 4.69) is 10.3 Å². The fourth-order valence-corrected chi connectivity index (χ4v) is 2.38. The summed E-state index contributed by atoms with van der Waals surface area (Å²) in [6.45, 7) is 3.80. The molecule has 25 heavy (non-hydrogen) atoms. The quantitative estimate of drug-likeness (QED) is 0.801. The summed E-state index contributed by atoms with van der Waals surface area (Å²) in [6, 6.07) is 4.11. The Morgan fingerprint density at radius 3 is 2.44 bits per heavy atom. The summed E-state index contributed by atoms with van der Waals surface area (Å²) in [5.41, 5.74) is 0.0942. The normalized spacial score (nSPS) is 12.5. The molecule has 2 aromatic rings. The van der Waals surface area contributed by atoms with Gasteiger partial charge in [-0.05, 0) is 24.1 Å². The first kappa shape index (κ1) is 19.2. The molecule has 2 N–H and O–H groups in total. The third-order valence-corrected chi connectivity index (χ3v) is 3.97. The van der Waals surface area contributed by atoms with Gasteiger partial charge in [0.1, 0.15) is 11.6 Å². The Labute approximate surface area is 144 Å². The molecule has 7 heteroatoms. The van der Waals surface area contributed by atoms with E-state index in [1.54, 1.807) is 0 Å². The lowest BCUT2D eigenvalue weighted by molar-refractivity contribution is 0.209. The minimum atomic E-state index is -0.732. The summed E-state index contributed by atoms with van der Waals surface area (Å²) < 4.78 is 46.7. The number of halogens is 3. The van der Waals surface area contributed by atoms with Crippen LogP contribution < -0.4 is 10.1 Å². The molecule has 1 aromatic carbocycles. The monoisotopic (exact) mass is 354 g/mol. The maximum absolute atomic E-state index is 14.2. The molecule has 0 bridgehead atoms. The number of pyridine rings is 1. The van der Waals surface area contributed by atoms with Crippen molar-refractivity contribution in [3.05, 3.63) is 47.4 Å². The highest BCUT2D eigenvalue weighted by Gasteiger charge is 2.16. The Morgan fingerprint density at radius 1 is 1.12 bits per heavy atom. The third kappa shape index (κ3) is 4.49. The predicted octanol–water partition coefficient (Wildman–Crippen LogP) is 3.28. The number of rotatable bonds is 7. The molecule has 0 aliphatic heterocycles. The van der Waals surface area contributed by atoms with E-state index in [9.17, 15) is 18.3 Å². The van der Waals surface area contributed by atoms with Crippen molar-refractivity contribution in [2.75, 3.05) is 13.7 Å². The molecule has 0 saturated heterocycles. The smallest absolute Gasteiger partial charge is 0.165 e. The van der Waals surface area contributed by atoms with Crippen molar-refractivity contribution in [3.8, 4) is 17.0 Å². The zero-order valence-corrected chi connectivity index (χ0v) is 14.3. The standard InChI is InChI=1S/C18H21F3N2O2/c1-10(2)17(9-24)22-8-16-12(19)4-5-15(23-16)11-6-14(21)18(25-3)7-13(11)20/h4-7,10,17,22,24H,8-9H2,1-3H3/t17-/m0/s1. The maximum Gasteiger partial charge on any atom is 0.165 e. The fourth-order valence-electron chi connectivity index (χ4n) is 2.38. The van der Waals surface area contributed by atoms with Crippen LogP contribution in [-0.2, 0) is 6.54 Å². The molecule has 2 rings (SSSR count). The van der Waals surface area contributed by atoms with Crippen molar-refractivity contribution in [1.29, 1.82) is 0 Å². The van der Waals surface area contributed by atoms with E-state index in [0.717, 1.165) is 18.2 Å². The van der Waals surface area contributed by atoms with E-state index >= 15 is 0 Å². The molecule has 0 unspecified atom stereocenters. The summed E-state index contributed by atoms with van der Waals surface area (Å²) in [7, 11) is 1.24. The summed E-state index contributed by atoms with van der Waals surface area (Å²) >= 11 is 0. The second-order valence-corrected chi connectivity index (χ2v) is 6.01. The summed E-state index contributed by atoms with van der Waals surface area (Å²) in [5, 5.41) is 12.3. The average molecular weight is 354 g/mol. The third-order valence-electron chi connectivity index (χ3n) is 3.97. The molecule has 4 nitrogen and oxygen atoms in total. The highest BCUT2D eigenvalue weighted by molar-refractivity contribution is 5.61. The van der Waals surface area contributed by atoms with Gasteiger partial charge < -0.3 is 15.2 Å². The molecule has 0 aliphatic carbocycles. The Morgan fingerprint density at radius 2 is 1.84 bits per heavy atom. The molecule has 0 amide bonds. The van der Waals surface area contributed by atoms with Gasteiger partial charge in [0.05, 0.1) is 25.1 Å². The largest absolute Gasteiger partial charge is 0.494 e. The maximum atomic E-state index is 14.2. The molecule has 0 saturated carbocycles. The van der Waals surface area contributed by atoms with Crippen molar-refractivity contribution in [2.24, 2.45) is 5.92 Å². The van der Waals surface area contributed by atoms with Crippen LogP contribution in [0.2, 0.25) is 0 Å². The first-order valence-corrected chi connectivity index (χ1v) is 7.90. The molecule has 0 spiro atoms. The molecule has 0 fully saturated rings. The van der Waals surface area contributed by atoms with Crippen molar-refractivity contribution in [1.82, 2.24) is 10.3 Å². The number of aliphatic hydroxyl groups excluding tert-OH is 1. The number of hydrogen-bond acceptors (Lipinski definition) is 4. The number of aliphatic hydroxyl groups is 1. The molecular formula is C18H21F3N2O2. The highest BCUT2D eigenvalue weighted by atomic mass is 19.1. The SMILES string of the molecule is COc1cc(F)c(-c2ccc(F)c(CN[C@@H](CO)C(C)C)n2)cc1F. The van der Waals surface area contributed by atoms with E-state index in [1.807, 2.05) is 13.8 Å². The van der Waals surface area contributed by atoms with Gasteiger partial charge in [0, 0.05) is 24.2 Å². The molecule has 1 heterocycles. The fraction of sp³-hybridized carbons (Fsp3) is 0.389. The lowest BCUT2D eigenvalue weighted by Crippen LogP contribution is -2.37. The molecule has 1 atom stereocenters. The van der Waals surface area contributed by atoms with Gasteiger partial charge in [0.2, 0.25) is 0 Å². The van der Waals surface area contributed by atoms with Gasteiger partial charge in [-0.3, -0.25) is 0 Å². The van der Waals surface area contributed by atoms with Crippen molar-refractivity contribution < 1.29 is 23.0 Å². The van der Waals surface area contributed by atoms with Gasteiger partial charge in [-0.2, -0.15) is 0 Å². The number of nitrogens with zero attached hydrogens (tertiary/aromatic N) is 1. The van der Waals surface area contributed by atoms with Gasteiger partial charge in [-0.1, -0.05) is 13.8 Å². The van der Waals surface area contributed by atoms with Crippen LogP contribution >= 0.6 is 0 Å². The van der Waals surface area contributed by atoms with Crippen LogP contribution in [0.15, 0.2) is 24.3 Å². The number of aromatic nitrogens is 1. The van der Waals surface area contributed by atoms with Crippen LogP contribution in [0.5, 0.6) is 5.75 Å². The average Bonchev–Trinajstić information content (AvgIpc) is 2.58. The van der Waals surface area contributed by atoms with Crippen molar-refractivity contribution >= 4 is 0 Å². The molecule has 1 aromatic heterocycles. The van der Waals surface area contributed by atoms with Gasteiger partial charge in [0.25, 0.3) is 0 Å². The highest BCUT2D eigenvalue weighted by Crippen LogP contribution is 2.28. The number of nitrogens with one attached hydrogen (secondary N) is 1. The first-order chi connectivity index (χ1) is 11.9. The van der Waals surface area contributed by atoms with E-state index in [0.29, 0.717) is 0 Å². The van der Waals surface area contributed by atoms with Gasteiger partial charge >= 0.3 is 0 Å². The van der Waals surface area contributed by atoms with E-state index < -0.39 is 17.5 Å². The number of ether oxygens (including phenoxy) is 1. The van der Waals surface area contributed by atoms with Crippen LogP contribution in [0.25, 0.3) is 11.3 Å². The first-order valence-electron chi connectivity index (χ1n) is 7.90. The van der Waals surface area contributed by atoms with Gasteiger partial charge in [-0.25, -0.2) is 18.2 Å². The van der Waals surface area contributed by atoms with Gasteiger partial charge in [-0.15, -0.1) is 0 Å². The Balaban J connectivity index is 2.31. The van der Waals surface area contributed by atoms with Crippen LogP contribution in [0.4, 0.5) is 13.2 Å². The lowest BCUT2D eigenvalue weighted by Gasteiger charge is -2.20. The number of methoxy groups -OCH3 is 1. The summed E-state index contributed by atoms with van der Waals surface area (Å²) in [6.07, 6.45) is 0. The van der Waals surface area contributed by atoms with Crippen LogP contribution in [0.1, 0.15) is 19.5 Å². The molecule has 0 aliphatic rings. The minimum absolute atomic E-state index is 0.0589. The van der Waals surface area contributed by atoms with Crippen LogP contribution in [0.3, 0.4) is 0 Å².